The number of ether oxygens (including phenoxy) is 1. The third-order valence-electron chi connectivity index (χ3n) is 2.36. The van der Waals surface area contributed by atoms with Gasteiger partial charge >= 0.3 is 0 Å². The van der Waals surface area contributed by atoms with Crippen LogP contribution in [0.15, 0.2) is 24.3 Å². The van der Waals surface area contributed by atoms with Gasteiger partial charge in [0.2, 0.25) is 0 Å². The van der Waals surface area contributed by atoms with Gasteiger partial charge in [-0.3, -0.25) is 0 Å². The van der Waals surface area contributed by atoms with Crippen LogP contribution in [0, 0.1) is 0 Å². The van der Waals surface area contributed by atoms with Crippen molar-refractivity contribution in [3.8, 4) is 0 Å². The summed E-state index contributed by atoms with van der Waals surface area (Å²) in [6.07, 6.45) is 2.31. The van der Waals surface area contributed by atoms with Crippen molar-refractivity contribution in [2.24, 2.45) is 0 Å². The molecule has 0 saturated carbocycles. The highest BCUT2D eigenvalue weighted by atomic mass is 16.5. The number of para-hydroxylation sites is 1. The van der Waals surface area contributed by atoms with Crippen LogP contribution in [-0.4, -0.2) is 19.8 Å². The molecule has 84 valence electrons. The molecule has 2 nitrogen and oxygen atoms in total. The largest absolute Gasteiger partial charge is 0.383 e. The number of hydrogen-bond acceptors (Lipinski definition) is 2. The van der Waals surface area contributed by atoms with Crippen molar-refractivity contribution in [3.63, 3.8) is 0 Å². The molecule has 0 aliphatic heterocycles. The summed E-state index contributed by atoms with van der Waals surface area (Å²) in [5.41, 5.74) is 2.63. The zero-order valence-corrected chi connectivity index (χ0v) is 9.92. The van der Waals surface area contributed by atoms with Gasteiger partial charge in [0.1, 0.15) is 0 Å². The first kappa shape index (κ1) is 12.1. The summed E-state index contributed by atoms with van der Waals surface area (Å²) < 4.78 is 5.11. The summed E-state index contributed by atoms with van der Waals surface area (Å²) in [7, 11) is 1.73. The van der Waals surface area contributed by atoms with Crippen LogP contribution in [-0.2, 0) is 11.2 Å². The molecular weight excluding hydrogens is 186 g/mol. The van der Waals surface area contributed by atoms with Gasteiger partial charge in [-0.15, -0.1) is 0 Å². The van der Waals surface area contributed by atoms with Gasteiger partial charge in [-0.05, 0) is 25.0 Å². The Labute approximate surface area is 92.6 Å². The Kier molecular flexibility index (Phi) is 5.19. The molecular formula is C13H21NO. The smallest absolute Gasteiger partial charge is 0.0661 e. The molecule has 0 aliphatic carbocycles. The molecule has 2 heteroatoms. The Balaban J connectivity index is 2.66. The second-order valence-corrected chi connectivity index (χ2v) is 3.91. The monoisotopic (exact) mass is 207 g/mol. The van der Waals surface area contributed by atoms with Crippen LogP contribution in [0.1, 0.15) is 25.8 Å². The predicted octanol–water partition coefficient (Wildman–Crippen LogP) is 3.09. The summed E-state index contributed by atoms with van der Waals surface area (Å²) in [4.78, 5) is 0. The lowest BCUT2D eigenvalue weighted by molar-refractivity contribution is 0.190. The van der Waals surface area contributed by atoms with Crippen molar-refractivity contribution < 1.29 is 4.74 Å². The highest BCUT2D eigenvalue weighted by Crippen LogP contribution is 2.17. The quantitative estimate of drug-likeness (QED) is 0.774. The van der Waals surface area contributed by atoms with E-state index in [1.807, 2.05) is 0 Å². The first-order valence-corrected chi connectivity index (χ1v) is 5.61. The molecule has 0 aliphatic rings. The number of methoxy groups -OCH3 is 1. The second-order valence-electron chi connectivity index (χ2n) is 3.91. The van der Waals surface area contributed by atoms with Crippen LogP contribution in [0.25, 0.3) is 0 Å². The lowest BCUT2D eigenvalue weighted by atomic mass is 10.1. The van der Waals surface area contributed by atoms with E-state index < -0.39 is 0 Å². The number of rotatable bonds is 6. The van der Waals surface area contributed by atoms with Crippen LogP contribution < -0.4 is 5.32 Å². The molecule has 0 saturated heterocycles. The number of aryl methyl sites for hydroxylation is 1. The number of benzene rings is 1. The standard InChI is InChI=1S/C13H21NO/c1-4-7-12-8-5-6-9-13(12)14-11(2)10-15-3/h5-6,8-9,11,14H,4,7,10H2,1-3H3. The normalized spacial score (nSPS) is 12.5. The summed E-state index contributed by atoms with van der Waals surface area (Å²) in [5.74, 6) is 0. The van der Waals surface area contributed by atoms with Crippen molar-refractivity contribution >= 4 is 5.69 Å². The first-order chi connectivity index (χ1) is 7.27. The lowest BCUT2D eigenvalue weighted by Crippen LogP contribution is -2.21. The maximum absolute atomic E-state index is 5.11. The molecule has 0 bridgehead atoms. The average Bonchev–Trinajstić information content (AvgIpc) is 2.21. The lowest BCUT2D eigenvalue weighted by Gasteiger charge is -2.17. The van der Waals surface area contributed by atoms with E-state index in [1.165, 1.54) is 17.7 Å². The number of nitrogens with one attached hydrogen (secondary N) is 1. The summed E-state index contributed by atoms with van der Waals surface area (Å²) in [5, 5.41) is 3.47. The third-order valence-corrected chi connectivity index (χ3v) is 2.36. The predicted molar refractivity (Wildman–Crippen MR) is 65.4 cm³/mol. The SMILES string of the molecule is CCCc1ccccc1NC(C)COC. The molecule has 0 aromatic heterocycles. The van der Waals surface area contributed by atoms with E-state index >= 15 is 0 Å². The number of hydrogen-bond donors (Lipinski definition) is 1. The van der Waals surface area contributed by atoms with Crippen LogP contribution in [0.5, 0.6) is 0 Å². The maximum atomic E-state index is 5.11. The average molecular weight is 207 g/mol. The van der Waals surface area contributed by atoms with Crippen LogP contribution in [0.2, 0.25) is 0 Å². The van der Waals surface area contributed by atoms with Gasteiger partial charge < -0.3 is 10.1 Å². The number of anilines is 1. The van der Waals surface area contributed by atoms with Crippen molar-refractivity contribution in [2.45, 2.75) is 32.7 Å². The van der Waals surface area contributed by atoms with Gasteiger partial charge in [0.15, 0.2) is 0 Å². The van der Waals surface area contributed by atoms with Gasteiger partial charge in [-0.25, -0.2) is 0 Å². The fraction of sp³-hybridized carbons (Fsp3) is 0.538. The van der Waals surface area contributed by atoms with Gasteiger partial charge in [0.05, 0.1) is 6.61 Å². The molecule has 0 fully saturated rings. The van der Waals surface area contributed by atoms with Crippen molar-refractivity contribution in [1.82, 2.24) is 0 Å². The fourth-order valence-electron chi connectivity index (χ4n) is 1.71. The van der Waals surface area contributed by atoms with E-state index in [0.29, 0.717) is 6.04 Å². The van der Waals surface area contributed by atoms with E-state index in [0.717, 1.165) is 13.0 Å². The molecule has 0 amide bonds. The fourth-order valence-corrected chi connectivity index (χ4v) is 1.71. The molecule has 0 heterocycles. The second kappa shape index (κ2) is 6.46. The van der Waals surface area contributed by atoms with Gasteiger partial charge in [-0.2, -0.15) is 0 Å². The Hall–Kier alpha value is -1.02. The molecule has 1 atom stereocenters. The van der Waals surface area contributed by atoms with E-state index in [2.05, 4.69) is 43.4 Å². The molecule has 1 rings (SSSR count). The molecule has 1 aromatic rings. The highest BCUT2D eigenvalue weighted by molar-refractivity contribution is 5.51. The van der Waals surface area contributed by atoms with Gasteiger partial charge in [-0.1, -0.05) is 31.5 Å². The zero-order valence-electron chi connectivity index (χ0n) is 9.92. The Morgan fingerprint density at radius 1 is 1.33 bits per heavy atom. The van der Waals surface area contributed by atoms with E-state index in [-0.39, 0.29) is 0 Å². The third kappa shape index (κ3) is 3.92. The highest BCUT2D eigenvalue weighted by Gasteiger charge is 2.04. The van der Waals surface area contributed by atoms with Gasteiger partial charge in [0, 0.05) is 18.8 Å². The van der Waals surface area contributed by atoms with Crippen molar-refractivity contribution in [2.75, 3.05) is 19.0 Å². The minimum absolute atomic E-state index is 0.355. The first-order valence-electron chi connectivity index (χ1n) is 5.61. The molecule has 1 unspecified atom stereocenters. The minimum Gasteiger partial charge on any atom is -0.383 e. The van der Waals surface area contributed by atoms with Crippen molar-refractivity contribution in [1.29, 1.82) is 0 Å². The summed E-state index contributed by atoms with van der Waals surface area (Å²) >= 11 is 0. The molecule has 1 aromatic carbocycles. The molecule has 1 N–H and O–H groups in total. The summed E-state index contributed by atoms with van der Waals surface area (Å²) in [6, 6.07) is 8.84. The zero-order chi connectivity index (χ0) is 11.1. The topological polar surface area (TPSA) is 21.3 Å². The van der Waals surface area contributed by atoms with E-state index in [9.17, 15) is 0 Å². The molecule has 15 heavy (non-hydrogen) atoms. The minimum atomic E-state index is 0.355. The van der Waals surface area contributed by atoms with Crippen LogP contribution in [0.3, 0.4) is 0 Å². The van der Waals surface area contributed by atoms with E-state index in [4.69, 9.17) is 4.74 Å². The Bertz CT molecular complexity index is 286. The van der Waals surface area contributed by atoms with Crippen LogP contribution >= 0.6 is 0 Å². The van der Waals surface area contributed by atoms with E-state index in [1.54, 1.807) is 7.11 Å². The summed E-state index contributed by atoms with van der Waals surface area (Å²) in [6.45, 7) is 5.07. The van der Waals surface area contributed by atoms with Crippen LogP contribution in [0.4, 0.5) is 5.69 Å². The Morgan fingerprint density at radius 2 is 2.07 bits per heavy atom. The maximum Gasteiger partial charge on any atom is 0.0661 e. The van der Waals surface area contributed by atoms with Gasteiger partial charge in [0.25, 0.3) is 0 Å². The molecule has 0 spiro atoms. The Morgan fingerprint density at radius 3 is 2.73 bits per heavy atom. The molecule has 0 radical (unpaired) electrons. The van der Waals surface area contributed by atoms with Crippen molar-refractivity contribution in [3.05, 3.63) is 29.8 Å².